The Morgan fingerprint density at radius 3 is 2.64 bits per heavy atom. The molecule has 1 aromatic heterocycles. The van der Waals surface area contributed by atoms with Gasteiger partial charge >= 0.3 is 0 Å². The number of fused-ring (bicyclic) bond motifs is 4. The summed E-state index contributed by atoms with van der Waals surface area (Å²) in [4.78, 5) is 29.0. The standard InChI is InChI=1S/C19H28N4O2/c1-13(24)22-10-14-9-15(12-22)18-4-3-17(19(25)23(18)11-14)20-16-5-7-21(2)8-6-16/h3-4,14-16,20H,5-12H2,1-2H3/t14-,15+/m0/s1. The highest BCUT2D eigenvalue weighted by Gasteiger charge is 2.35. The molecule has 2 saturated heterocycles. The molecule has 3 aliphatic rings. The second kappa shape index (κ2) is 6.48. The molecular formula is C19H28N4O2. The van der Waals surface area contributed by atoms with Crippen LogP contribution < -0.4 is 10.9 Å². The molecule has 1 aromatic rings. The number of nitrogens with one attached hydrogen (secondary N) is 1. The number of nitrogens with zero attached hydrogens (tertiary/aromatic N) is 3. The van der Waals surface area contributed by atoms with E-state index in [2.05, 4.69) is 23.3 Å². The Morgan fingerprint density at radius 2 is 1.92 bits per heavy atom. The SMILES string of the molecule is CC(=O)N1C[C@@H]2C[C@H](C1)c1ccc(NC3CCN(C)CC3)c(=O)n1C2. The van der Waals surface area contributed by atoms with Gasteiger partial charge in [0.05, 0.1) is 0 Å². The van der Waals surface area contributed by atoms with Crippen LogP contribution in [0, 0.1) is 5.92 Å². The Kier molecular flexibility index (Phi) is 4.31. The van der Waals surface area contributed by atoms with E-state index in [1.165, 1.54) is 0 Å². The van der Waals surface area contributed by atoms with Crippen molar-refractivity contribution in [1.29, 1.82) is 0 Å². The summed E-state index contributed by atoms with van der Waals surface area (Å²) in [5.41, 5.74) is 1.95. The third-order valence-electron chi connectivity index (χ3n) is 6.13. The number of pyridine rings is 1. The monoisotopic (exact) mass is 344 g/mol. The van der Waals surface area contributed by atoms with Crippen LogP contribution in [0.3, 0.4) is 0 Å². The third kappa shape index (κ3) is 3.19. The normalized spacial score (nSPS) is 27.0. The summed E-state index contributed by atoms with van der Waals surface area (Å²) in [5, 5.41) is 3.49. The topological polar surface area (TPSA) is 57.6 Å². The minimum absolute atomic E-state index is 0.113. The average Bonchev–Trinajstić information content (AvgIpc) is 2.59. The number of piperidine rings is 2. The van der Waals surface area contributed by atoms with Crippen LogP contribution in [0.4, 0.5) is 5.69 Å². The number of hydrogen-bond donors (Lipinski definition) is 1. The minimum atomic E-state index is 0.113. The third-order valence-corrected chi connectivity index (χ3v) is 6.13. The summed E-state index contributed by atoms with van der Waals surface area (Å²) < 4.78 is 1.97. The summed E-state index contributed by atoms with van der Waals surface area (Å²) in [5.74, 6) is 0.832. The zero-order chi connectivity index (χ0) is 17.6. The van der Waals surface area contributed by atoms with Gasteiger partial charge in [-0.05, 0) is 57.5 Å². The van der Waals surface area contributed by atoms with Crippen LogP contribution in [0.1, 0.15) is 37.8 Å². The van der Waals surface area contributed by atoms with Crippen LogP contribution in [0.2, 0.25) is 0 Å². The van der Waals surface area contributed by atoms with E-state index in [1.54, 1.807) is 6.92 Å². The molecule has 2 bridgehead atoms. The van der Waals surface area contributed by atoms with Crippen molar-refractivity contribution in [2.75, 3.05) is 38.5 Å². The van der Waals surface area contributed by atoms with Crippen molar-refractivity contribution in [2.45, 2.75) is 44.7 Å². The zero-order valence-electron chi connectivity index (χ0n) is 15.2. The number of hydrogen-bond acceptors (Lipinski definition) is 4. The lowest BCUT2D eigenvalue weighted by Crippen LogP contribution is -2.49. The molecule has 1 amide bonds. The van der Waals surface area contributed by atoms with Gasteiger partial charge in [-0.3, -0.25) is 9.59 Å². The van der Waals surface area contributed by atoms with Gasteiger partial charge in [-0.15, -0.1) is 0 Å². The Hall–Kier alpha value is -1.82. The molecule has 136 valence electrons. The van der Waals surface area contributed by atoms with Crippen molar-refractivity contribution in [3.63, 3.8) is 0 Å². The minimum Gasteiger partial charge on any atom is -0.378 e. The molecule has 6 heteroatoms. The Morgan fingerprint density at radius 1 is 1.16 bits per heavy atom. The molecule has 2 fully saturated rings. The summed E-state index contributed by atoms with van der Waals surface area (Å²) in [7, 11) is 2.15. The predicted molar refractivity (Wildman–Crippen MR) is 97.9 cm³/mol. The van der Waals surface area contributed by atoms with E-state index in [0.717, 1.165) is 63.4 Å². The van der Waals surface area contributed by atoms with E-state index in [9.17, 15) is 9.59 Å². The largest absolute Gasteiger partial charge is 0.378 e. The maximum absolute atomic E-state index is 13.0. The van der Waals surface area contributed by atoms with Gasteiger partial charge in [0.1, 0.15) is 5.69 Å². The lowest BCUT2D eigenvalue weighted by atomic mass is 9.83. The second-order valence-electron chi connectivity index (χ2n) is 8.03. The first kappa shape index (κ1) is 16.6. The van der Waals surface area contributed by atoms with Crippen LogP contribution in [0.5, 0.6) is 0 Å². The van der Waals surface area contributed by atoms with Crippen LogP contribution in [-0.4, -0.2) is 59.5 Å². The molecule has 3 aliphatic heterocycles. The van der Waals surface area contributed by atoms with Gasteiger partial charge in [0.15, 0.2) is 0 Å². The number of aromatic nitrogens is 1. The molecule has 2 atom stereocenters. The highest BCUT2D eigenvalue weighted by Crippen LogP contribution is 2.35. The molecule has 0 saturated carbocycles. The average molecular weight is 344 g/mol. The van der Waals surface area contributed by atoms with Crippen molar-refractivity contribution in [3.05, 3.63) is 28.2 Å². The quantitative estimate of drug-likeness (QED) is 0.879. The molecule has 0 spiro atoms. The maximum atomic E-state index is 13.0. The molecule has 4 heterocycles. The van der Waals surface area contributed by atoms with E-state index in [0.29, 0.717) is 17.9 Å². The predicted octanol–water partition coefficient (Wildman–Crippen LogP) is 1.32. The van der Waals surface area contributed by atoms with Gasteiger partial charge in [-0.1, -0.05) is 0 Å². The van der Waals surface area contributed by atoms with Crippen LogP contribution in [0.25, 0.3) is 0 Å². The number of carbonyl (C=O) groups is 1. The number of carbonyl (C=O) groups excluding carboxylic acids is 1. The molecule has 25 heavy (non-hydrogen) atoms. The fourth-order valence-electron chi connectivity index (χ4n) is 4.69. The smallest absolute Gasteiger partial charge is 0.274 e. The second-order valence-corrected chi connectivity index (χ2v) is 8.03. The molecular weight excluding hydrogens is 316 g/mol. The van der Waals surface area contributed by atoms with Crippen molar-refractivity contribution in [3.8, 4) is 0 Å². The van der Waals surface area contributed by atoms with E-state index >= 15 is 0 Å². The summed E-state index contributed by atoms with van der Waals surface area (Å²) in [6, 6.07) is 4.45. The van der Waals surface area contributed by atoms with Crippen molar-refractivity contribution >= 4 is 11.6 Å². The molecule has 0 aromatic carbocycles. The molecule has 6 nitrogen and oxygen atoms in total. The van der Waals surface area contributed by atoms with Gasteiger partial charge in [0, 0.05) is 44.2 Å². The van der Waals surface area contributed by atoms with Crippen molar-refractivity contribution in [1.82, 2.24) is 14.4 Å². The molecule has 1 N–H and O–H groups in total. The maximum Gasteiger partial charge on any atom is 0.274 e. The van der Waals surface area contributed by atoms with Gasteiger partial charge < -0.3 is 19.7 Å². The molecule has 0 aliphatic carbocycles. The molecule has 0 radical (unpaired) electrons. The van der Waals surface area contributed by atoms with Crippen molar-refractivity contribution < 1.29 is 4.79 Å². The van der Waals surface area contributed by atoms with E-state index < -0.39 is 0 Å². The van der Waals surface area contributed by atoms with Crippen molar-refractivity contribution in [2.24, 2.45) is 5.92 Å². The summed E-state index contributed by atoms with van der Waals surface area (Å²) >= 11 is 0. The first-order valence-electron chi connectivity index (χ1n) is 9.45. The van der Waals surface area contributed by atoms with Gasteiger partial charge in [-0.25, -0.2) is 0 Å². The number of likely N-dealkylation sites (tertiary alicyclic amines) is 2. The van der Waals surface area contributed by atoms with E-state index in [4.69, 9.17) is 0 Å². The summed E-state index contributed by atoms with van der Waals surface area (Å²) in [6.07, 6.45) is 3.25. The first-order valence-corrected chi connectivity index (χ1v) is 9.45. The highest BCUT2D eigenvalue weighted by atomic mass is 16.2. The van der Waals surface area contributed by atoms with Gasteiger partial charge in [0.25, 0.3) is 5.56 Å². The number of anilines is 1. The fraction of sp³-hybridized carbons (Fsp3) is 0.684. The lowest BCUT2D eigenvalue weighted by molar-refractivity contribution is -0.131. The Bertz CT molecular complexity index is 721. The van der Waals surface area contributed by atoms with Crippen LogP contribution in [-0.2, 0) is 11.3 Å². The van der Waals surface area contributed by atoms with E-state index in [1.807, 2.05) is 15.5 Å². The van der Waals surface area contributed by atoms with Gasteiger partial charge in [0.2, 0.25) is 5.91 Å². The zero-order valence-corrected chi connectivity index (χ0v) is 15.2. The fourth-order valence-corrected chi connectivity index (χ4v) is 4.69. The van der Waals surface area contributed by atoms with Gasteiger partial charge in [-0.2, -0.15) is 0 Å². The Labute approximate surface area is 148 Å². The number of rotatable bonds is 2. The highest BCUT2D eigenvalue weighted by molar-refractivity contribution is 5.73. The molecule has 4 rings (SSSR count). The number of amides is 1. The first-order chi connectivity index (χ1) is 12.0. The van der Waals surface area contributed by atoms with E-state index in [-0.39, 0.29) is 11.5 Å². The van der Waals surface area contributed by atoms with Crippen LogP contribution >= 0.6 is 0 Å². The summed E-state index contributed by atoms with van der Waals surface area (Å²) in [6.45, 7) is 6.06. The Balaban J connectivity index is 1.56. The van der Waals surface area contributed by atoms with Crippen LogP contribution in [0.15, 0.2) is 16.9 Å². The molecule has 0 unspecified atom stereocenters. The lowest BCUT2D eigenvalue weighted by Gasteiger charge is -2.42.